The zero-order valence-corrected chi connectivity index (χ0v) is 19.2. The number of aromatic nitrogens is 1. The van der Waals surface area contributed by atoms with E-state index in [9.17, 15) is 9.90 Å². The van der Waals surface area contributed by atoms with Gasteiger partial charge in [-0.3, -0.25) is 4.79 Å². The second-order valence-electron chi connectivity index (χ2n) is 7.31. The summed E-state index contributed by atoms with van der Waals surface area (Å²) in [6.07, 6.45) is 1.73. The highest BCUT2D eigenvalue weighted by Gasteiger charge is 2.20. The molecule has 5 nitrogen and oxygen atoms in total. The van der Waals surface area contributed by atoms with E-state index in [0.29, 0.717) is 24.5 Å². The SMILES string of the molecule is Cc1ccccc1[C@@H](CCC(=O)O)Oc1cc(OCc2ccsc2)ccc1-c1nccs1. The predicted molar refractivity (Wildman–Crippen MR) is 128 cm³/mol. The Hall–Kier alpha value is -3.16. The van der Waals surface area contributed by atoms with Crippen LogP contribution >= 0.6 is 22.7 Å². The number of carboxylic acid groups (broad SMARTS) is 1. The summed E-state index contributed by atoms with van der Waals surface area (Å²) in [4.78, 5) is 15.7. The molecule has 0 saturated carbocycles. The van der Waals surface area contributed by atoms with Gasteiger partial charge in [0.05, 0.1) is 5.56 Å². The number of thiophene rings is 1. The van der Waals surface area contributed by atoms with Crippen LogP contribution in [0.2, 0.25) is 0 Å². The summed E-state index contributed by atoms with van der Waals surface area (Å²) in [6.45, 7) is 2.48. The summed E-state index contributed by atoms with van der Waals surface area (Å²) >= 11 is 3.16. The first-order chi connectivity index (χ1) is 15.6. The molecule has 0 amide bonds. The number of carbonyl (C=O) groups is 1. The minimum atomic E-state index is -0.847. The highest BCUT2D eigenvalue weighted by molar-refractivity contribution is 7.13. The summed E-state index contributed by atoms with van der Waals surface area (Å²) < 4.78 is 12.5. The van der Waals surface area contributed by atoms with Gasteiger partial charge in [-0.05, 0) is 59.0 Å². The van der Waals surface area contributed by atoms with Gasteiger partial charge in [-0.2, -0.15) is 11.3 Å². The van der Waals surface area contributed by atoms with E-state index in [1.807, 2.05) is 66.2 Å². The number of thiazole rings is 1. The summed E-state index contributed by atoms with van der Waals surface area (Å²) in [5.41, 5.74) is 4.00. The van der Waals surface area contributed by atoms with Crippen LogP contribution in [0.3, 0.4) is 0 Å². The molecule has 0 aliphatic carbocycles. The fourth-order valence-electron chi connectivity index (χ4n) is 3.40. The Balaban J connectivity index is 1.66. The first-order valence-corrected chi connectivity index (χ1v) is 12.0. The van der Waals surface area contributed by atoms with Crippen molar-refractivity contribution in [2.75, 3.05) is 0 Å². The molecule has 0 spiro atoms. The second kappa shape index (κ2) is 10.4. The minimum Gasteiger partial charge on any atom is -0.489 e. The van der Waals surface area contributed by atoms with Crippen molar-refractivity contribution in [2.24, 2.45) is 0 Å². The van der Waals surface area contributed by atoms with Crippen LogP contribution in [0.5, 0.6) is 11.5 Å². The molecule has 4 aromatic rings. The Kier molecular flexibility index (Phi) is 7.19. The van der Waals surface area contributed by atoms with Crippen LogP contribution in [0.15, 0.2) is 70.9 Å². The number of aryl methyl sites for hydroxylation is 1. The summed E-state index contributed by atoms with van der Waals surface area (Å²) in [5.74, 6) is 0.467. The van der Waals surface area contributed by atoms with Gasteiger partial charge in [-0.25, -0.2) is 4.98 Å². The molecule has 7 heteroatoms. The van der Waals surface area contributed by atoms with Crippen LogP contribution < -0.4 is 9.47 Å². The topological polar surface area (TPSA) is 68.7 Å². The van der Waals surface area contributed by atoms with E-state index in [1.165, 1.54) is 11.3 Å². The lowest BCUT2D eigenvalue weighted by molar-refractivity contribution is -0.137. The Labute approximate surface area is 194 Å². The zero-order valence-electron chi connectivity index (χ0n) is 17.6. The van der Waals surface area contributed by atoms with E-state index < -0.39 is 12.1 Å². The molecule has 0 unspecified atom stereocenters. The summed E-state index contributed by atoms with van der Waals surface area (Å²) in [7, 11) is 0. The van der Waals surface area contributed by atoms with Gasteiger partial charge in [0.15, 0.2) is 0 Å². The van der Waals surface area contributed by atoms with Crippen LogP contribution in [0, 0.1) is 6.92 Å². The van der Waals surface area contributed by atoms with E-state index in [0.717, 1.165) is 27.3 Å². The normalized spacial score (nSPS) is 11.8. The van der Waals surface area contributed by atoms with Crippen molar-refractivity contribution in [3.05, 3.63) is 87.6 Å². The Bertz CT molecular complexity index is 1160. The highest BCUT2D eigenvalue weighted by atomic mass is 32.1. The summed E-state index contributed by atoms with van der Waals surface area (Å²) in [6, 6.07) is 15.7. The van der Waals surface area contributed by atoms with Gasteiger partial charge in [-0.1, -0.05) is 24.3 Å². The van der Waals surface area contributed by atoms with Crippen LogP contribution in [-0.2, 0) is 11.4 Å². The molecule has 0 radical (unpaired) electrons. The van der Waals surface area contributed by atoms with Crippen LogP contribution in [0.1, 0.15) is 35.6 Å². The van der Waals surface area contributed by atoms with E-state index in [-0.39, 0.29) is 6.42 Å². The number of benzene rings is 2. The van der Waals surface area contributed by atoms with Crippen molar-refractivity contribution in [3.8, 4) is 22.1 Å². The monoisotopic (exact) mass is 465 g/mol. The van der Waals surface area contributed by atoms with Crippen molar-refractivity contribution in [1.29, 1.82) is 0 Å². The van der Waals surface area contributed by atoms with Crippen LogP contribution in [0.4, 0.5) is 0 Å². The summed E-state index contributed by atoms with van der Waals surface area (Å²) in [5, 5.41) is 16.1. The van der Waals surface area contributed by atoms with Crippen molar-refractivity contribution in [2.45, 2.75) is 32.5 Å². The van der Waals surface area contributed by atoms with Crippen LogP contribution in [0.25, 0.3) is 10.6 Å². The predicted octanol–water partition coefficient (Wildman–Crippen LogP) is 6.74. The average molecular weight is 466 g/mol. The Morgan fingerprint density at radius 1 is 1.16 bits per heavy atom. The number of carboxylic acids is 1. The lowest BCUT2D eigenvalue weighted by Crippen LogP contribution is -2.12. The van der Waals surface area contributed by atoms with Crippen molar-refractivity contribution < 1.29 is 19.4 Å². The first kappa shape index (κ1) is 22.0. The molecule has 32 heavy (non-hydrogen) atoms. The number of rotatable bonds is 10. The molecule has 2 aromatic carbocycles. The third kappa shape index (κ3) is 5.55. The van der Waals surface area contributed by atoms with Crippen molar-refractivity contribution in [3.63, 3.8) is 0 Å². The molecular weight excluding hydrogens is 442 g/mol. The largest absolute Gasteiger partial charge is 0.489 e. The molecule has 0 bridgehead atoms. The van der Waals surface area contributed by atoms with E-state index >= 15 is 0 Å². The third-order valence-corrected chi connectivity index (χ3v) is 6.56. The number of nitrogens with zero attached hydrogens (tertiary/aromatic N) is 1. The molecular formula is C25H23NO4S2. The van der Waals surface area contributed by atoms with Crippen molar-refractivity contribution in [1.82, 2.24) is 4.98 Å². The molecule has 0 aliphatic rings. The van der Waals surface area contributed by atoms with Crippen molar-refractivity contribution >= 4 is 28.6 Å². The Morgan fingerprint density at radius 3 is 2.75 bits per heavy atom. The second-order valence-corrected chi connectivity index (χ2v) is 8.99. The standard InChI is InChI=1S/C25H23NO4S2/c1-17-4-2-3-5-20(17)22(8-9-24(27)28)30-23-14-19(29-15-18-10-12-31-16-18)6-7-21(23)25-26-11-13-32-25/h2-7,10-14,16,22H,8-9,15H2,1H3,(H,27,28)/t22-/m1/s1. The molecule has 1 N–H and O–H groups in total. The molecule has 0 fully saturated rings. The quantitative estimate of drug-likeness (QED) is 0.281. The number of aliphatic carboxylic acids is 1. The fourth-order valence-corrected chi connectivity index (χ4v) is 4.72. The molecule has 0 saturated heterocycles. The number of hydrogen-bond acceptors (Lipinski definition) is 6. The maximum absolute atomic E-state index is 11.3. The lowest BCUT2D eigenvalue weighted by Gasteiger charge is -2.22. The van der Waals surface area contributed by atoms with Gasteiger partial charge in [0, 0.05) is 24.1 Å². The maximum Gasteiger partial charge on any atom is 0.303 e. The third-order valence-electron chi connectivity index (χ3n) is 5.03. The average Bonchev–Trinajstić information content (AvgIpc) is 3.50. The Morgan fingerprint density at radius 2 is 2.03 bits per heavy atom. The van der Waals surface area contributed by atoms with E-state index in [1.54, 1.807) is 17.5 Å². The van der Waals surface area contributed by atoms with Gasteiger partial charge in [0.1, 0.15) is 29.2 Å². The molecule has 2 heterocycles. The maximum atomic E-state index is 11.3. The van der Waals surface area contributed by atoms with E-state index in [2.05, 4.69) is 10.4 Å². The first-order valence-electron chi connectivity index (χ1n) is 10.2. The molecule has 0 aliphatic heterocycles. The van der Waals surface area contributed by atoms with Gasteiger partial charge in [-0.15, -0.1) is 11.3 Å². The molecule has 1 atom stereocenters. The van der Waals surface area contributed by atoms with Gasteiger partial charge in [0.2, 0.25) is 0 Å². The number of hydrogen-bond donors (Lipinski definition) is 1. The molecule has 2 aromatic heterocycles. The lowest BCUT2D eigenvalue weighted by atomic mass is 9.99. The highest BCUT2D eigenvalue weighted by Crippen LogP contribution is 2.38. The van der Waals surface area contributed by atoms with E-state index in [4.69, 9.17) is 9.47 Å². The molecule has 4 rings (SSSR count). The number of ether oxygens (including phenoxy) is 2. The van der Waals surface area contributed by atoms with Gasteiger partial charge in [0.25, 0.3) is 0 Å². The molecule has 164 valence electrons. The van der Waals surface area contributed by atoms with Crippen LogP contribution in [-0.4, -0.2) is 16.1 Å². The zero-order chi connectivity index (χ0) is 22.3. The van der Waals surface area contributed by atoms with Gasteiger partial charge >= 0.3 is 5.97 Å². The fraction of sp³-hybridized carbons (Fsp3) is 0.200. The van der Waals surface area contributed by atoms with Gasteiger partial charge < -0.3 is 14.6 Å². The minimum absolute atomic E-state index is 0.0138. The smallest absolute Gasteiger partial charge is 0.303 e.